The number of carbonyl (C=O) groups is 1. The van der Waals surface area contributed by atoms with Crippen molar-refractivity contribution in [3.63, 3.8) is 0 Å². The average molecular weight is 427 g/mol. The lowest BCUT2D eigenvalue weighted by Crippen LogP contribution is -2.15. The second-order valence-corrected chi connectivity index (χ2v) is 6.02. The van der Waals surface area contributed by atoms with E-state index in [1.165, 1.54) is 0 Å². The van der Waals surface area contributed by atoms with E-state index < -0.39 is 0 Å². The highest BCUT2D eigenvalue weighted by molar-refractivity contribution is 5.89. The lowest BCUT2D eigenvalue weighted by molar-refractivity contribution is -0.0178. The molecule has 0 aliphatic heterocycles. The first-order valence-corrected chi connectivity index (χ1v) is 10.0. The van der Waals surface area contributed by atoms with Crippen molar-refractivity contribution in [3.05, 3.63) is 42.0 Å². The SMILES string of the molecule is C=Cc1ccc(C(=O)OCCOCCOCCOCCOCCOCCOC)cc1. The predicted octanol–water partition coefficient (Wildman–Crippen LogP) is 2.22. The second kappa shape index (κ2) is 19.2. The summed E-state index contributed by atoms with van der Waals surface area (Å²) in [5.74, 6) is -0.370. The molecule has 30 heavy (non-hydrogen) atoms. The molecule has 0 amide bonds. The van der Waals surface area contributed by atoms with E-state index in [-0.39, 0.29) is 12.6 Å². The van der Waals surface area contributed by atoms with Crippen LogP contribution in [0.1, 0.15) is 15.9 Å². The van der Waals surface area contributed by atoms with Gasteiger partial charge in [0.1, 0.15) is 6.61 Å². The summed E-state index contributed by atoms with van der Waals surface area (Å²) in [6.45, 7) is 9.35. The molecule has 8 heteroatoms. The zero-order chi connectivity index (χ0) is 21.7. The Hall–Kier alpha value is -1.81. The van der Waals surface area contributed by atoms with Crippen LogP contribution in [0, 0.1) is 0 Å². The van der Waals surface area contributed by atoms with Crippen LogP contribution in [-0.4, -0.2) is 92.4 Å². The molecule has 0 saturated carbocycles. The van der Waals surface area contributed by atoms with Gasteiger partial charge in [-0.15, -0.1) is 0 Å². The smallest absolute Gasteiger partial charge is 0.338 e. The number of ether oxygens (including phenoxy) is 7. The maximum absolute atomic E-state index is 11.9. The standard InChI is InChI=1S/C22H34O8/c1-3-20-4-6-21(7-5-20)22(23)30-19-18-29-17-16-28-15-14-27-13-12-26-11-10-25-9-8-24-2/h3-7H,1,8-19H2,2H3. The van der Waals surface area contributed by atoms with Crippen LogP contribution in [0.2, 0.25) is 0 Å². The van der Waals surface area contributed by atoms with E-state index in [9.17, 15) is 4.79 Å². The third-order valence-corrected chi connectivity index (χ3v) is 3.76. The van der Waals surface area contributed by atoms with Crippen molar-refractivity contribution in [1.29, 1.82) is 0 Å². The van der Waals surface area contributed by atoms with Crippen molar-refractivity contribution in [2.24, 2.45) is 0 Å². The van der Waals surface area contributed by atoms with Gasteiger partial charge in [0.25, 0.3) is 0 Å². The molecule has 0 bridgehead atoms. The molecule has 0 fully saturated rings. The van der Waals surface area contributed by atoms with E-state index >= 15 is 0 Å². The minimum absolute atomic E-state index is 0.197. The van der Waals surface area contributed by atoms with Gasteiger partial charge >= 0.3 is 5.97 Å². The summed E-state index contributed by atoms with van der Waals surface area (Å²) < 4.78 is 36.8. The summed E-state index contributed by atoms with van der Waals surface area (Å²) >= 11 is 0. The van der Waals surface area contributed by atoms with Crippen LogP contribution in [0.4, 0.5) is 0 Å². The van der Waals surface area contributed by atoms with Gasteiger partial charge in [-0.05, 0) is 17.7 Å². The fourth-order valence-electron chi connectivity index (χ4n) is 2.16. The number of hydrogen-bond donors (Lipinski definition) is 0. The quantitative estimate of drug-likeness (QED) is 0.232. The fraction of sp³-hybridized carbons (Fsp3) is 0.591. The maximum Gasteiger partial charge on any atom is 0.338 e. The third kappa shape index (κ3) is 14.2. The lowest BCUT2D eigenvalue weighted by Gasteiger charge is -2.08. The molecule has 0 aromatic heterocycles. The maximum atomic E-state index is 11.9. The Morgan fingerprint density at radius 1 is 0.700 bits per heavy atom. The third-order valence-electron chi connectivity index (χ3n) is 3.76. The molecule has 0 unspecified atom stereocenters. The Bertz CT molecular complexity index is 547. The van der Waals surface area contributed by atoms with Crippen molar-refractivity contribution in [2.45, 2.75) is 0 Å². The lowest BCUT2D eigenvalue weighted by atomic mass is 10.1. The largest absolute Gasteiger partial charge is 0.460 e. The molecule has 170 valence electrons. The first kappa shape index (κ1) is 26.2. The first-order chi connectivity index (χ1) is 14.8. The van der Waals surface area contributed by atoms with Gasteiger partial charge in [0.15, 0.2) is 0 Å². The van der Waals surface area contributed by atoms with Crippen LogP contribution in [0.15, 0.2) is 30.8 Å². The molecule has 0 aliphatic carbocycles. The van der Waals surface area contributed by atoms with Crippen LogP contribution in [0.5, 0.6) is 0 Å². The Morgan fingerprint density at radius 3 is 1.50 bits per heavy atom. The Morgan fingerprint density at radius 2 is 1.10 bits per heavy atom. The van der Waals surface area contributed by atoms with E-state index in [1.54, 1.807) is 25.3 Å². The van der Waals surface area contributed by atoms with E-state index in [4.69, 9.17) is 33.2 Å². The van der Waals surface area contributed by atoms with Crippen LogP contribution in [0.25, 0.3) is 6.08 Å². The molecule has 0 N–H and O–H groups in total. The monoisotopic (exact) mass is 426 g/mol. The highest BCUT2D eigenvalue weighted by atomic mass is 16.6. The molecule has 1 rings (SSSR count). The van der Waals surface area contributed by atoms with Crippen molar-refractivity contribution in [1.82, 2.24) is 0 Å². The number of esters is 1. The van der Waals surface area contributed by atoms with Gasteiger partial charge in [-0.2, -0.15) is 0 Å². The average Bonchev–Trinajstić information content (AvgIpc) is 2.78. The normalized spacial score (nSPS) is 10.8. The van der Waals surface area contributed by atoms with Crippen molar-refractivity contribution < 1.29 is 38.0 Å². The van der Waals surface area contributed by atoms with Gasteiger partial charge in [0.2, 0.25) is 0 Å². The molecule has 0 aliphatic rings. The molecule has 1 aromatic carbocycles. The molecule has 1 aromatic rings. The minimum Gasteiger partial charge on any atom is -0.460 e. The van der Waals surface area contributed by atoms with Crippen LogP contribution < -0.4 is 0 Å². The molecule has 0 atom stereocenters. The zero-order valence-corrected chi connectivity index (χ0v) is 17.8. The van der Waals surface area contributed by atoms with E-state index in [0.717, 1.165) is 5.56 Å². The first-order valence-electron chi connectivity index (χ1n) is 10.0. The summed E-state index contributed by atoms with van der Waals surface area (Å²) in [6.07, 6.45) is 1.72. The zero-order valence-electron chi connectivity index (χ0n) is 17.8. The molecule has 8 nitrogen and oxygen atoms in total. The number of rotatable bonds is 20. The summed E-state index contributed by atoms with van der Waals surface area (Å²) in [7, 11) is 1.64. The molecule has 0 heterocycles. The van der Waals surface area contributed by atoms with Crippen molar-refractivity contribution in [3.8, 4) is 0 Å². The van der Waals surface area contributed by atoms with E-state index in [2.05, 4.69) is 6.58 Å². The predicted molar refractivity (Wildman–Crippen MR) is 113 cm³/mol. The molecular formula is C22H34O8. The molecule has 0 radical (unpaired) electrons. The Labute approximate surface area is 179 Å². The molecular weight excluding hydrogens is 392 g/mol. The minimum atomic E-state index is -0.370. The van der Waals surface area contributed by atoms with Gasteiger partial charge in [-0.25, -0.2) is 4.79 Å². The molecule has 0 saturated heterocycles. The number of methoxy groups -OCH3 is 1. The number of benzene rings is 1. The summed E-state index contributed by atoms with van der Waals surface area (Å²) in [6, 6.07) is 7.05. The van der Waals surface area contributed by atoms with Crippen LogP contribution in [-0.2, 0) is 33.2 Å². The highest BCUT2D eigenvalue weighted by Gasteiger charge is 2.06. The van der Waals surface area contributed by atoms with Gasteiger partial charge in [-0.1, -0.05) is 24.8 Å². The van der Waals surface area contributed by atoms with Gasteiger partial charge in [0.05, 0.1) is 78.2 Å². The summed E-state index contributed by atoms with van der Waals surface area (Å²) in [4.78, 5) is 11.9. The van der Waals surface area contributed by atoms with Crippen molar-refractivity contribution >= 4 is 12.0 Å². The van der Waals surface area contributed by atoms with Gasteiger partial charge in [0, 0.05) is 7.11 Å². The summed E-state index contributed by atoms with van der Waals surface area (Å²) in [5.41, 5.74) is 1.46. The second-order valence-electron chi connectivity index (χ2n) is 6.02. The van der Waals surface area contributed by atoms with Gasteiger partial charge in [-0.3, -0.25) is 0 Å². The van der Waals surface area contributed by atoms with E-state index in [1.807, 2.05) is 12.1 Å². The van der Waals surface area contributed by atoms with E-state index in [0.29, 0.717) is 78.2 Å². The van der Waals surface area contributed by atoms with Crippen LogP contribution >= 0.6 is 0 Å². The Balaban J connectivity index is 1.80. The topological polar surface area (TPSA) is 81.7 Å². The van der Waals surface area contributed by atoms with Crippen LogP contribution in [0.3, 0.4) is 0 Å². The summed E-state index contributed by atoms with van der Waals surface area (Å²) in [5, 5.41) is 0. The Kier molecular flexibility index (Phi) is 16.8. The number of hydrogen-bond acceptors (Lipinski definition) is 8. The fourth-order valence-corrected chi connectivity index (χ4v) is 2.16. The highest BCUT2D eigenvalue weighted by Crippen LogP contribution is 2.06. The molecule has 0 spiro atoms. The van der Waals surface area contributed by atoms with Gasteiger partial charge < -0.3 is 33.2 Å². The number of carbonyl (C=O) groups excluding carboxylic acids is 1. The van der Waals surface area contributed by atoms with Crippen molar-refractivity contribution in [2.75, 3.05) is 86.4 Å².